The molecular weight excluding hydrogens is 214 g/mol. The van der Waals surface area contributed by atoms with Crippen LogP contribution in [0.3, 0.4) is 0 Å². The van der Waals surface area contributed by atoms with Crippen LogP contribution in [0.15, 0.2) is 24.5 Å². The maximum Gasteiger partial charge on any atom is 0.247 e. The van der Waals surface area contributed by atoms with Gasteiger partial charge in [0.25, 0.3) is 0 Å². The largest absolute Gasteiger partial charge is 0.311 e. The molecule has 2 fully saturated rings. The minimum atomic E-state index is -0.747. The fourth-order valence-electron chi connectivity index (χ4n) is 2.66. The number of carbonyl (C=O) groups is 1. The summed E-state index contributed by atoms with van der Waals surface area (Å²) in [5.41, 5.74) is 0.103. The minimum absolute atomic E-state index is 0.0197. The summed E-state index contributed by atoms with van der Waals surface area (Å²) < 4.78 is 0. The lowest BCUT2D eigenvalue weighted by molar-refractivity contribution is -0.123. The first kappa shape index (κ1) is 10.3. The number of carbonyl (C=O) groups excluding carboxylic acids is 1. The lowest BCUT2D eigenvalue weighted by atomic mass is 9.83. The Morgan fingerprint density at radius 1 is 1.41 bits per heavy atom. The predicted molar refractivity (Wildman–Crippen MR) is 62.0 cm³/mol. The van der Waals surface area contributed by atoms with Crippen LogP contribution >= 0.6 is 0 Å². The van der Waals surface area contributed by atoms with Crippen molar-refractivity contribution in [3.8, 4) is 6.07 Å². The number of pyridine rings is 1. The number of nitriles is 1. The third-order valence-corrected chi connectivity index (χ3v) is 3.80. The van der Waals surface area contributed by atoms with E-state index in [1.165, 1.54) is 0 Å². The van der Waals surface area contributed by atoms with Crippen molar-refractivity contribution in [2.45, 2.75) is 19.3 Å². The molecular formula is C13H13N3O. The maximum atomic E-state index is 12.4. The van der Waals surface area contributed by atoms with Crippen LogP contribution in [0.25, 0.3) is 0 Å². The van der Waals surface area contributed by atoms with Crippen LogP contribution in [0.1, 0.15) is 19.3 Å². The monoisotopic (exact) mass is 227 g/mol. The lowest BCUT2D eigenvalue weighted by Gasteiger charge is -2.20. The second-order valence-electron chi connectivity index (χ2n) is 4.77. The molecule has 1 aliphatic heterocycles. The first-order chi connectivity index (χ1) is 8.28. The maximum absolute atomic E-state index is 12.4. The summed E-state index contributed by atoms with van der Waals surface area (Å²) in [5, 5.41) is 9.35. The molecule has 86 valence electrons. The van der Waals surface area contributed by atoms with Gasteiger partial charge in [-0.3, -0.25) is 9.78 Å². The van der Waals surface area contributed by atoms with E-state index >= 15 is 0 Å². The first-order valence-corrected chi connectivity index (χ1v) is 5.91. The van der Waals surface area contributed by atoms with E-state index < -0.39 is 5.41 Å². The summed E-state index contributed by atoms with van der Waals surface area (Å²) in [4.78, 5) is 18.1. The molecule has 1 aromatic rings. The Morgan fingerprint density at radius 3 is 2.71 bits per heavy atom. The molecule has 3 rings (SSSR count). The van der Waals surface area contributed by atoms with Gasteiger partial charge in [0.1, 0.15) is 5.41 Å². The van der Waals surface area contributed by atoms with Crippen LogP contribution < -0.4 is 4.90 Å². The third-order valence-electron chi connectivity index (χ3n) is 3.80. The third kappa shape index (κ3) is 1.42. The van der Waals surface area contributed by atoms with E-state index in [0.717, 1.165) is 18.5 Å². The van der Waals surface area contributed by atoms with Crippen LogP contribution in [0, 0.1) is 22.7 Å². The molecule has 1 saturated carbocycles. The quantitative estimate of drug-likeness (QED) is 0.773. The number of aromatic nitrogens is 1. The number of anilines is 1. The summed E-state index contributed by atoms with van der Waals surface area (Å²) in [7, 11) is 0. The average Bonchev–Trinajstić information content (AvgIpc) is 3.16. The molecule has 4 nitrogen and oxygen atoms in total. The number of nitrogens with zero attached hydrogens (tertiary/aromatic N) is 3. The summed E-state index contributed by atoms with van der Waals surface area (Å²) in [6.07, 6.45) is 6.04. The highest BCUT2D eigenvalue weighted by Crippen LogP contribution is 2.51. The zero-order chi connectivity index (χ0) is 11.9. The van der Waals surface area contributed by atoms with E-state index in [1.807, 2.05) is 12.1 Å². The molecule has 4 heteroatoms. The summed E-state index contributed by atoms with van der Waals surface area (Å²) in [6.45, 7) is 0.646. The lowest BCUT2D eigenvalue weighted by Crippen LogP contribution is -2.35. The van der Waals surface area contributed by atoms with Crippen molar-refractivity contribution in [1.29, 1.82) is 5.26 Å². The van der Waals surface area contributed by atoms with Crippen LogP contribution in [0.5, 0.6) is 0 Å². The molecule has 1 atom stereocenters. The molecule has 2 heterocycles. The molecule has 0 unspecified atom stereocenters. The number of rotatable bonds is 2. The second kappa shape index (κ2) is 3.56. The van der Waals surface area contributed by atoms with Crippen LogP contribution in [-0.4, -0.2) is 17.4 Å². The topological polar surface area (TPSA) is 57.0 Å². The molecule has 0 bridgehead atoms. The SMILES string of the molecule is N#C[C@@]1(C2CC2)CCN(c2ccncc2)C1=O. The van der Waals surface area contributed by atoms with Crippen molar-refractivity contribution >= 4 is 11.6 Å². The molecule has 17 heavy (non-hydrogen) atoms. The molecule has 0 N–H and O–H groups in total. The van der Waals surface area contributed by atoms with Crippen molar-refractivity contribution in [1.82, 2.24) is 4.98 Å². The number of amides is 1. The normalized spacial score (nSPS) is 28.2. The Labute approximate surface area is 99.9 Å². The summed E-state index contributed by atoms with van der Waals surface area (Å²) in [6, 6.07) is 5.92. The Hall–Kier alpha value is -1.89. The fraction of sp³-hybridized carbons (Fsp3) is 0.462. The zero-order valence-corrected chi connectivity index (χ0v) is 9.47. The molecule has 0 radical (unpaired) electrons. The van der Waals surface area contributed by atoms with Crippen LogP contribution in [0.4, 0.5) is 5.69 Å². The predicted octanol–water partition coefficient (Wildman–Crippen LogP) is 1.74. The minimum Gasteiger partial charge on any atom is -0.311 e. The van der Waals surface area contributed by atoms with Crippen molar-refractivity contribution < 1.29 is 4.79 Å². The van der Waals surface area contributed by atoms with Gasteiger partial charge in [0.05, 0.1) is 6.07 Å². The molecule has 1 aromatic heterocycles. The van der Waals surface area contributed by atoms with Crippen molar-refractivity contribution in [3.63, 3.8) is 0 Å². The summed E-state index contributed by atoms with van der Waals surface area (Å²) in [5.74, 6) is 0.264. The zero-order valence-electron chi connectivity index (χ0n) is 9.47. The van der Waals surface area contributed by atoms with Gasteiger partial charge in [0.2, 0.25) is 5.91 Å². The fourth-order valence-corrected chi connectivity index (χ4v) is 2.66. The molecule has 1 saturated heterocycles. The van der Waals surface area contributed by atoms with Crippen LogP contribution in [0.2, 0.25) is 0 Å². The van der Waals surface area contributed by atoms with E-state index in [1.54, 1.807) is 17.3 Å². The standard InChI is InChI=1S/C13H13N3O/c14-9-13(10-1-2-10)5-8-16(12(13)17)11-3-6-15-7-4-11/h3-4,6-7,10H,1-2,5,8H2/t13-/m1/s1. The van der Waals surface area contributed by atoms with Gasteiger partial charge < -0.3 is 4.90 Å². The van der Waals surface area contributed by atoms with E-state index in [-0.39, 0.29) is 11.8 Å². The van der Waals surface area contributed by atoms with Crippen molar-refractivity contribution in [2.24, 2.45) is 11.3 Å². The highest BCUT2D eigenvalue weighted by Gasteiger charge is 2.56. The van der Waals surface area contributed by atoms with Gasteiger partial charge in [-0.15, -0.1) is 0 Å². The average molecular weight is 227 g/mol. The smallest absolute Gasteiger partial charge is 0.247 e. The van der Waals surface area contributed by atoms with Gasteiger partial charge in [-0.2, -0.15) is 5.26 Å². The molecule has 1 amide bonds. The molecule has 1 aliphatic carbocycles. The highest BCUT2D eigenvalue weighted by molar-refractivity contribution is 6.02. The summed E-state index contributed by atoms with van der Waals surface area (Å²) >= 11 is 0. The Morgan fingerprint density at radius 2 is 2.12 bits per heavy atom. The molecule has 2 aliphatic rings. The molecule has 0 aromatic carbocycles. The van der Waals surface area contributed by atoms with Gasteiger partial charge in [0, 0.05) is 24.6 Å². The van der Waals surface area contributed by atoms with Gasteiger partial charge in [-0.1, -0.05) is 0 Å². The van der Waals surface area contributed by atoms with Crippen molar-refractivity contribution in [2.75, 3.05) is 11.4 Å². The van der Waals surface area contributed by atoms with Gasteiger partial charge in [0.15, 0.2) is 0 Å². The van der Waals surface area contributed by atoms with E-state index in [9.17, 15) is 10.1 Å². The Kier molecular flexibility index (Phi) is 2.15. The highest BCUT2D eigenvalue weighted by atomic mass is 16.2. The van der Waals surface area contributed by atoms with Gasteiger partial charge in [-0.25, -0.2) is 0 Å². The Balaban J connectivity index is 1.92. The van der Waals surface area contributed by atoms with Gasteiger partial charge >= 0.3 is 0 Å². The first-order valence-electron chi connectivity index (χ1n) is 5.91. The van der Waals surface area contributed by atoms with E-state index in [4.69, 9.17) is 0 Å². The van der Waals surface area contributed by atoms with E-state index in [0.29, 0.717) is 13.0 Å². The molecule has 0 spiro atoms. The van der Waals surface area contributed by atoms with E-state index in [2.05, 4.69) is 11.1 Å². The number of hydrogen-bond donors (Lipinski definition) is 0. The van der Waals surface area contributed by atoms with Crippen molar-refractivity contribution in [3.05, 3.63) is 24.5 Å². The van der Waals surface area contributed by atoms with Gasteiger partial charge in [-0.05, 0) is 37.3 Å². The second-order valence-corrected chi connectivity index (χ2v) is 4.77. The Bertz CT molecular complexity index is 489. The number of hydrogen-bond acceptors (Lipinski definition) is 3. The van der Waals surface area contributed by atoms with Crippen LogP contribution in [-0.2, 0) is 4.79 Å².